The predicted molar refractivity (Wildman–Crippen MR) is 87.2 cm³/mol. The van der Waals surface area contributed by atoms with E-state index in [-0.39, 0.29) is 0 Å². The minimum atomic E-state index is 0.322. The Morgan fingerprint density at radius 1 is 1.24 bits per heavy atom. The molecule has 0 atom stereocenters. The molecule has 0 amide bonds. The van der Waals surface area contributed by atoms with Crippen molar-refractivity contribution >= 4 is 27.2 Å². The number of nitrogen functional groups attached to an aromatic ring is 1. The summed E-state index contributed by atoms with van der Waals surface area (Å²) < 4.78 is 6.08. The Balaban J connectivity index is 2.09. The van der Waals surface area contributed by atoms with Crippen molar-refractivity contribution in [2.75, 3.05) is 5.73 Å². The Hall–Kier alpha value is -2.14. The molecule has 3 rings (SSSR count). The van der Waals surface area contributed by atoms with E-state index in [0.29, 0.717) is 11.8 Å². The molecule has 0 radical (unpaired) electrons. The van der Waals surface area contributed by atoms with Gasteiger partial charge in [0.05, 0.1) is 5.39 Å². The van der Waals surface area contributed by atoms with Crippen LogP contribution in [0, 0.1) is 6.92 Å². The molecule has 0 aliphatic carbocycles. The van der Waals surface area contributed by atoms with Gasteiger partial charge in [-0.3, -0.25) is 0 Å². The van der Waals surface area contributed by atoms with Gasteiger partial charge in [-0.1, -0.05) is 13.8 Å². The fraction of sp³-hybridized carbons (Fsp3) is 0.250. The monoisotopic (exact) mass is 299 g/mol. The Kier molecular flexibility index (Phi) is 3.51. The van der Waals surface area contributed by atoms with E-state index in [0.717, 1.165) is 32.8 Å². The van der Waals surface area contributed by atoms with Gasteiger partial charge in [-0.05, 0) is 47.5 Å². The summed E-state index contributed by atoms with van der Waals surface area (Å²) in [6.45, 7) is 6.22. The fourth-order valence-electron chi connectivity index (χ4n) is 2.21. The number of aryl methyl sites for hydroxylation is 1. The standard InChI is InChI=1S/C16H17N3OS/c1-9(2)12-7-13(17)10(3)6-14(12)20-15-11-4-5-21-16(11)19-8-18-15/h4-9H,17H2,1-3H3. The van der Waals surface area contributed by atoms with E-state index in [1.165, 1.54) is 6.33 Å². The summed E-state index contributed by atoms with van der Waals surface area (Å²) in [5.74, 6) is 1.72. The third-order valence-corrected chi connectivity index (χ3v) is 4.27. The van der Waals surface area contributed by atoms with E-state index in [1.54, 1.807) is 11.3 Å². The minimum Gasteiger partial charge on any atom is -0.438 e. The van der Waals surface area contributed by atoms with Gasteiger partial charge in [0.15, 0.2) is 0 Å². The van der Waals surface area contributed by atoms with Gasteiger partial charge in [0.25, 0.3) is 0 Å². The van der Waals surface area contributed by atoms with Crippen molar-refractivity contribution in [1.29, 1.82) is 0 Å². The molecule has 4 nitrogen and oxygen atoms in total. The van der Waals surface area contributed by atoms with E-state index < -0.39 is 0 Å². The van der Waals surface area contributed by atoms with Crippen molar-refractivity contribution < 1.29 is 4.74 Å². The number of benzene rings is 1. The van der Waals surface area contributed by atoms with Gasteiger partial charge in [-0.15, -0.1) is 11.3 Å². The van der Waals surface area contributed by atoms with Crippen LogP contribution in [0.3, 0.4) is 0 Å². The van der Waals surface area contributed by atoms with E-state index in [4.69, 9.17) is 10.5 Å². The van der Waals surface area contributed by atoms with Crippen molar-refractivity contribution in [2.45, 2.75) is 26.7 Å². The molecule has 0 unspecified atom stereocenters. The summed E-state index contributed by atoms with van der Waals surface area (Å²) in [6.07, 6.45) is 1.54. The highest BCUT2D eigenvalue weighted by Gasteiger charge is 2.14. The van der Waals surface area contributed by atoms with Crippen LogP contribution in [0.15, 0.2) is 29.9 Å². The molecule has 0 aliphatic heterocycles. The molecule has 1 aromatic carbocycles. The van der Waals surface area contributed by atoms with Crippen LogP contribution in [0.1, 0.15) is 30.9 Å². The molecule has 2 aromatic heterocycles. The van der Waals surface area contributed by atoms with Gasteiger partial charge in [0, 0.05) is 5.69 Å². The summed E-state index contributed by atoms with van der Waals surface area (Å²) in [5.41, 5.74) is 8.89. The first kappa shape index (κ1) is 13.8. The highest BCUT2D eigenvalue weighted by atomic mass is 32.1. The summed E-state index contributed by atoms with van der Waals surface area (Å²) in [5, 5.41) is 2.93. The highest BCUT2D eigenvalue weighted by Crippen LogP contribution is 2.36. The van der Waals surface area contributed by atoms with Crippen LogP contribution in [0.4, 0.5) is 5.69 Å². The number of ether oxygens (including phenoxy) is 1. The van der Waals surface area contributed by atoms with Crippen LogP contribution in [-0.2, 0) is 0 Å². The number of hydrogen-bond donors (Lipinski definition) is 1. The first-order valence-electron chi connectivity index (χ1n) is 6.82. The second-order valence-electron chi connectivity index (χ2n) is 5.32. The number of nitrogens with two attached hydrogens (primary N) is 1. The molecular formula is C16H17N3OS. The van der Waals surface area contributed by atoms with Gasteiger partial charge in [-0.25, -0.2) is 9.97 Å². The summed E-state index contributed by atoms with van der Waals surface area (Å²) in [7, 11) is 0. The first-order chi connectivity index (χ1) is 10.1. The van der Waals surface area contributed by atoms with Crippen molar-refractivity contribution in [2.24, 2.45) is 0 Å². The first-order valence-corrected chi connectivity index (χ1v) is 7.70. The topological polar surface area (TPSA) is 61.0 Å². The Morgan fingerprint density at radius 2 is 2.05 bits per heavy atom. The third kappa shape index (κ3) is 2.56. The number of hydrogen-bond acceptors (Lipinski definition) is 5. The molecule has 0 aliphatic rings. The molecule has 3 aromatic rings. The van der Waals surface area contributed by atoms with E-state index >= 15 is 0 Å². The molecule has 0 saturated carbocycles. The van der Waals surface area contributed by atoms with E-state index in [9.17, 15) is 0 Å². The van der Waals surface area contributed by atoms with Crippen LogP contribution in [0.25, 0.3) is 10.2 Å². The minimum absolute atomic E-state index is 0.322. The molecule has 0 spiro atoms. The largest absolute Gasteiger partial charge is 0.438 e. The average Bonchev–Trinajstić information content (AvgIpc) is 2.91. The molecule has 108 valence electrons. The average molecular weight is 299 g/mol. The molecule has 0 bridgehead atoms. The second-order valence-corrected chi connectivity index (χ2v) is 6.22. The number of anilines is 1. The van der Waals surface area contributed by atoms with Crippen molar-refractivity contribution in [3.8, 4) is 11.6 Å². The smallest absolute Gasteiger partial charge is 0.231 e. The molecule has 0 fully saturated rings. The van der Waals surface area contributed by atoms with E-state index in [2.05, 4.69) is 23.8 Å². The maximum Gasteiger partial charge on any atom is 0.231 e. The lowest BCUT2D eigenvalue weighted by atomic mass is 9.99. The Labute approximate surface area is 127 Å². The van der Waals surface area contributed by atoms with Gasteiger partial charge >= 0.3 is 0 Å². The zero-order valence-corrected chi connectivity index (χ0v) is 13.1. The summed E-state index contributed by atoms with van der Waals surface area (Å²) in [6, 6.07) is 5.95. The molecule has 0 saturated heterocycles. The molecular weight excluding hydrogens is 282 g/mol. The lowest BCUT2D eigenvalue weighted by Crippen LogP contribution is -1.99. The summed E-state index contributed by atoms with van der Waals surface area (Å²) in [4.78, 5) is 9.44. The van der Waals surface area contributed by atoms with Crippen molar-refractivity contribution in [3.05, 3.63) is 41.0 Å². The van der Waals surface area contributed by atoms with Crippen LogP contribution >= 0.6 is 11.3 Å². The van der Waals surface area contributed by atoms with Crippen LogP contribution in [0.5, 0.6) is 11.6 Å². The fourth-order valence-corrected chi connectivity index (χ4v) is 2.93. The maximum absolute atomic E-state index is 6.08. The van der Waals surface area contributed by atoms with Gasteiger partial charge in [0.2, 0.25) is 5.88 Å². The highest BCUT2D eigenvalue weighted by molar-refractivity contribution is 7.16. The van der Waals surface area contributed by atoms with Crippen LogP contribution in [-0.4, -0.2) is 9.97 Å². The molecule has 21 heavy (non-hydrogen) atoms. The third-order valence-electron chi connectivity index (χ3n) is 3.45. The zero-order valence-electron chi connectivity index (χ0n) is 12.3. The Morgan fingerprint density at radius 3 is 2.81 bits per heavy atom. The number of nitrogens with zero attached hydrogens (tertiary/aromatic N) is 2. The van der Waals surface area contributed by atoms with Crippen LogP contribution in [0.2, 0.25) is 0 Å². The lowest BCUT2D eigenvalue weighted by Gasteiger charge is -2.16. The second kappa shape index (κ2) is 5.33. The quantitative estimate of drug-likeness (QED) is 0.723. The maximum atomic E-state index is 6.08. The van der Waals surface area contributed by atoms with Gasteiger partial charge in [0.1, 0.15) is 16.9 Å². The summed E-state index contributed by atoms with van der Waals surface area (Å²) >= 11 is 1.58. The van der Waals surface area contributed by atoms with Gasteiger partial charge in [-0.2, -0.15) is 0 Å². The number of aromatic nitrogens is 2. The normalized spacial score (nSPS) is 11.2. The predicted octanol–water partition coefficient (Wildman–Crippen LogP) is 4.50. The molecule has 5 heteroatoms. The number of rotatable bonds is 3. The molecule has 2 heterocycles. The number of thiophene rings is 1. The molecule has 2 N–H and O–H groups in total. The Bertz CT molecular complexity index is 795. The van der Waals surface area contributed by atoms with Crippen molar-refractivity contribution in [3.63, 3.8) is 0 Å². The van der Waals surface area contributed by atoms with E-state index in [1.807, 2.05) is 30.5 Å². The van der Waals surface area contributed by atoms with Gasteiger partial charge < -0.3 is 10.5 Å². The zero-order chi connectivity index (χ0) is 15.0. The van der Waals surface area contributed by atoms with Crippen LogP contribution < -0.4 is 10.5 Å². The lowest BCUT2D eigenvalue weighted by molar-refractivity contribution is 0.459. The number of fused-ring (bicyclic) bond motifs is 1. The SMILES string of the molecule is Cc1cc(Oc2ncnc3sccc23)c(C(C)C)cc1N. The van der Waals surface area contributed by atoms with Crippen molar-refractivity contribution in [1.82, 2.24) is 9.97 Å².